The van der Waals surface area contributed by atoms with E-state index in [1.54, 1.807) is 0 Å². The fourth-order valence-corrected chi connectivity index (χ4v) is 4.87. The third kappa shape index (κ3) is 7.10. The minimum atomic E-state index is -3.08. The van der Waals surface area contributed by atoms with Gasteiger partial charge in [-0.1, -0.05) is 6.07 Å². The summed E-state index contributed by atoms with van der Waals surface area (Å²) in [6, 6.07) is 6.96. The molecule has 3 aromatic heterocycles. The number of benzene rings is 1. The van der Waals surface area contributed by atoms with E-state index < -0.39 is 53.2 Å². The summed E-state index contributed by atoms with van der Waals surface area (Å²) in [5.74, 6) is -2.94. The van der Waals surface area contributed by atoms with Crippen LogP contribution in [0.1, 0.15) is 23.7 Å². The Morgan fingerprint density at radius 1 is 1.00 bits per heavy atom. The number of nitrogens with one attached hydrogen (secondary N) is 1. The fraction of sp³-hybridized carbons (Fsp3) is 0.214. The smallest absolute Gasteiger partial charge is 0.333 e. The van der Waals surface area contributed by atoms with Crippen LogP contribution in [0, 0.1) is 24.5 Å². The van der Waals surface area contributed by atoms with Crippen LogP contribution in [-0.4, -0.2) is 41.5 Å². The molecule has 1 aromatic carbocycles. The summed E-state index contributed by atoms with van der Waals surface area (Å²) in [6.45, 7) is -2.75. The molecule has 1 unspecified atom stereocenters. The molecule has 1 N–H and O–H groups in total. The van der Waals surface area contributed by atoms with Gasteiger partial charge in [0, 0.05) is 43.0 Å². The van der Waals surface area contributed by atoms with Crippen LogP contribution >= 0.6 is 0 Å². The van der Waals surface area contributed by atoms with Gasteiger partial charge in [-0.3, -0.25) is 9.00 Å². The second-order valence-electron chi connectivity index (χ2n) is 9.27. The molecule has 0 bridgehead atoms. The van der Waals surface area contributed by atoms with Gasteiger partial charge in [-0.2, -0.15) is 13.2 Å². The maximum Gasteiger partial charge on any atom is 0.333 e. The first-order valence-electron chi connectivity index (χ1n) is 12.5. The predicted molar refractivity (Wildman–Crippen MR) is 149 cm³/mol. The fourth-order valence-electron chi connectivity index (χ4n) is 4.16. The summed E-state index contributed by atoms with van der Waals surface area (Å²) < 4.78 is 96.6. The maximum atomic E-state index is 14.9. The first kappa shape index (κ1) is 31.4. The number of anilines is 1. The number of hydrogen-bond acceptors (Lipinski definition) is 6. The molecule has 15 heteroatoms. The van der Waals surface area contributed by atoms with Gasteiger partial charge in [-0.15, -0.1) is 5.10 Å². The number of rotatable bonds is 8. The molecular weight excluding hydrogens is 598 g/mol. The molecule has 8 nitrogen and oxygen atoms in total. The van der Waals surface area contributed by atoms with E-state index in [4.69, 9.17) is 0 Å². The molecule has 0 aliphatic carbocycles. The first-order valence-corrected chi connectivity index (χ1v) is 14.0. The lowest BCUT2D eigenvalue weighted by molar-refractivity contribution is 0.0548. The summed E-state index contributed by atoms with van der Waals surface area (Å²) >= 11 is 0. The minimum absolute atomic E-state index is 0.00520. The molecule has 4 aromatic rings. The topological polar surface area (TPSA) is 94.7 Å². The SMILES string of the molecule is Cc1cc(F)cc([C@@H](CF)Nc2ccc(F)cc2S(C)=O)ccc(-c2cnc(-c3cn(C(F)F)nc3F)nc2)n(C)c1=O. The zero-order valence-corrected chi connectivity index (χ0v) is 23.7. The predicted octanol–water partition coefficient (Wildman–Crippen LogP) is 5.81. The lowest BCUT2D eigenvalue weighted by atomic mass is 10.1. The van der Waals surface area contributed by atoms with E-state index in [0.29, 0.717) is 0 Å². The molecule has 4 rings (SSSR count). The number of nitrogens with zero attached hydrogens (tertiary/aromatic N) is 5. The van der Waals surface area contributed by atoms with Crippen LogP contribution in [0.5, 0.6) is 0 Å². The van der Waals surface area contributed by atoms with E-state index >= 15 is 0 Å². The zero-order valence-electron chi connectivity index (χ0n) is 22.9. The van der Waals surface area contributed by atoms with Crippen molar-refractivity contribution in [2.45, 2.75) is 24.4 Å². The number of aryl methyl sites for hydroxylation is 1. The Morgan fingerprint density at radius 3 is 2.30 bits per heavy atom. The number of alkyl halides is 3. The van der Waals surface area contributed by atoms with Crippen molar-refractivity contribution in [3.63, 3.8) is 0 Å². The van der Waals surface area contributed by atoms with Crippen molar-refractivity contribution in [1.82, 2.24) is 24.3 Å². The summed E-state index contributed by atoms with van der Waals surface area (Å²) in [7, 11) is -0.237. The highest BCUT2D eigenvalue weighted by Crippen LogP contribution is 2.27. The van der Waals surface area contributed by atoms with Crippen LogP contribution in [0.25, 0.3) is 22.6 Å². The van der Waals surface area contributed by atoms with E-state index in [9.17, 15) is 35.3 Å². The average Bonchev–Trinajstić information content (AvgIpc) is 3.37. The van der Waals surface area contributed by atoms with E-state index in [1.165, 1.54) is 55.4 Å². The third-order valence-electron chi connectivity index (χ3n) is 6.31. The maximum absolute atomic E-state index is 14.9. The van der Waals surface area contributed by atoms with Gasteiger partial charge >= 0.3 is 6.55 Å². The van der Waals surface area contributed by atoms with Crippen LogP contribution in [0.3, 0.4) is 0 Å². The van der Waals surface area contributed by atoms with Crippen molar-refractivity contribution in [3.8, 4) is 22.6 Å². The quantitative estimate of drug-likeness (QED) is 0.249. The van der Waals surface area contributed by atoms with Gasteiger partial charge in [-0.05, 0) is 48.9 Å². The molecule has 0 saturated heterocycles. The molecule has 0 amide bonds. The lowest BCUT2D eigenvalue weighted by Gasteiger charge is -2.19. The first-order chi connectivity index (χ1) is 20.4. The number of aromatic nitrogens is 5. The molecule has 0 saturated carbocycles. The van der Waals surface area contributed by atoms with Crippen LogP contribution in [0.15, 0.2) is 70.7 Å². The normalized spacial score (nSPS) is 12.6. The molecule has 0 radical (unpaired) electrons. The van der Waals surface area contributed by atoms with E-state index in [-0.39, 0.29) is 49.0 Å². The van der Waals surface area contributed by atoms with Crippen LogP contribution < -0.4 is 10.9 Å². The monoisotopic (exact) mass is 622 g/mol. The van der Waals surface area contributed by atoms with Crippen molar-refractivity contribution in [2.75, 3.05) is 18.2 Å². The molecular formula is C28H24F6N6O2S. The third-order valence-corrected chi connectivity index (χ3v) is 7.27. The van der Waals surface area contributed by atoms with Gasteiger partial charge in [0.15, 0.2) is 5.82 Å². The van der Waals surface area contributed by atoms with E-state index in [2.05, 4.69) is 20.4 Å². The summed E-state index contributed by atoms with van der Waals surface area (Å²) in [5, 5.41) is 5.93. The molecule has 43 heavy (non-hydrogen) atoms. The van der Waals surface area contributed by atoms with Gasteiger partial charge in [0.2, 0.25) is 5.95 Å². The van der Waals surface area contributed by atoms with Crippen molar-refractivity contribution in [2.24, 2.45) is 7.05 Å². The molecule has 226 valence electrons. The Bertz CT molecular complexity index is 1790. The standard InChI is InChI=1S/C28H24F6N6O2S/c1-15-8-19(31)9-16(22(11-29)37-21-6-5-18(30)10-24(21)43(3)42)4-7-23(39(2)27(15)41)17-12-35-26(36-13-17)20-14-40(28(33)34)38-25(20)32/h4-10,12-14,22,28,37H,11H2,1-3H3/t22-,43?/m1/s1. The van der Waals surface area contributed by atoms with Gasteiger partial charge in [0.25, 0.3) is 5.56 Å². The highest BCUT2D eigenvalue weighted by molar-refractivity contribution is 7.84. The second-order valence-corrected chi connectivity index (χ2v) is 10.6. The highest BCUT2D eigenvalue weighted by Gasteiger charge is 2.19. The Hall–Kier alpha value is -4.53. The Kier molecular flexibility index (Phi) is 9.63. The summed E-state index contributed by atoms with van der Waals surface area (Å²) in [5.41, 5.74) is -0.330. The van der Waals surface area contributed by atoms with Crippen molar-refractivity contribution in [1.29, 1.82) is 0 Å². The van der Waals surface area contributed by atoms with Crippen molar-refractivity contribution < 1.29 is 30.6 Å². The Balaban J connectivity index is 1.84. The van der Waals surface area contributed by atoms with Crippen LogP contribution in [0.2, 0.25) is 0 Å². The average molecular weight is 623 g/mol. The zero-order chi connectivity index (χ0) is 31.4. The van der Waals surface area contributed by atoms with Gasteiger partial charge < -0.3 is 9.88 Å². The van der Waals surface area contributed by atoms with Crippen LogP contribution in [0.4, 0.5) is 32.0 Å². The Labute approximate surface area is 243 Å². The molecule has 0 aliphatic rings. The molecule has 3 heterocycles. The highest BCUT2D eigenvalue weighted by atomic mass is 32.2. The number of hydrogen-bond donors (Lipinski definition) is 1. The van der Waals surface area contributed by atoms with Gasteiger partial charge in [-0.25, -0.2) is 27.8 Å². The molecule has 0 fully saturated rings. The van der Waals surface area contributed by atoms with Crippen LogP contribution in [-0.2, 0) is 17.8 Å². The van der Waals surface area contributed by atoms with Gasteiger partial charge in [0.05, 0.1) is 38.7 Å². The van der Waals surface area contributed by atoms with E-state index in [0.717, 1.165) is 30.5 Å². The summed E-state index contributed by atoms with van der Waals surface area (Å²) in [6.07, 6.45) is 4.52. The second kappa shape index (κ2) is 13.2. The van der Waals surface area contributed by atoms with Gasteiger partial charge in [0.1, 0.15) is 18.3 Å². The van der Waals surface area contributed by atoms with Crippen molar-refractivity contribution >= 4 is 16.5 Å². The number of halogens is 6. The lowest BCUT2D eigenvalue weighted by Crippen LogP contribution is -2.19. The van der Waals surface area contributed by atoms with Crippen molar-refractivity contribution in [3.05, 3.63) is 100 Å². The largest absolute Gasteiger partial charge is 0.375 e. The molecule has 0 aliphatic heterocycles. The molecule has 2 atom stereocenters. The Morgan fingerprint density at radius 2 is 1.70 bits per heavy atom. The van der Waals surface area contributed by atoms with E-state index in [1.807, 2.05) is 0 Å². The minimum Gasteiger partial charge on any atom is -0.375 e. The molecule has 0 spiro atoms. The summed E-state index contributed by atoms with van der Waals surface area (Å²) in [4.78, 5) is 21.2.